The van der Waals surface area contributed by atoms with Gasteiger partial charge in [-0.2, -0.15) is 0 Å². The minimum absolute atomic E-state index is 0.0650. The lowest BCUT2D eigenvalue weighted by Gasteiger charge is -2.08. The van der Waals surface area contributed by atoms with Gasteiger partial charge in [0.2, 0.25) is 0 Å². The maximum absolute atomic E-state index is 13.5. The fraction of sp³-hybridized carbons (Fsp3) is 0.267. The molecule has 1 aromatic heterocycles. The summed E-state index contributed by atoms with van der Waals surface area (Å²) >= 11 is 5.87. The predicted molar refractivity (Wildman–Crippen MR) is 79.3 cm³/mol. The van der Waals surface area contributed by atoms with Crippen LogP contribution in [0.2, 0.25) is 5.02 Å². The van der Waals surface area contributed by atoms with Gasteiger partial charge in [-0.05, 0) is 24.3 Å². The Labute approximate surface area is 123 Å². The van der Waals surface area contributed by atoms with Crippen molar-refractivity contribution in [3.05, 3.63) is 58.6 Å². The second-order valence-electron chi connectivity index (χ2n) is 3.89. The molecule has 108 valence electrons. The molecule has 0 bridgehead atoms. The van der Waals surface area contributed by atoms with Crippen molar-refractivity contribution in [2.24, 2.45) is 7.05 Å². The lowest BCUT2D eigenvalue weighted by Crippen LogP contribution is -2.25. The highest BCUT2D eigenvalue weighted by Gasteiger charge is 2.11. The van der Waals surface area contributed by atoms with Crippen LogP contribution in [-0.4, -0.2) is 10.5 Å². The third-order valence-corrected chi connectivity index (χ3v) is 3.02. The Morgan fingerprint density at radius 1 is 1.30 bits per heavy atom. The van der Waals surface area contributed by atoms with Crippen LogP contribution in [0.25, 0.3) is 0 Å². The third-order valence-electron chi connectivity index (χ3n) is 2.66. The van der Waals surface area contributed by atoms with E-state index in [9.17, 15) is 9.18 Å². The first-order valence-electron chi connectivity index (χ1n) is 6.42. The van der Waals surface area contributed by atoms with Crippen molar-refractivity contribution in [2.45, 2.75) is 20.4 Å². The van der Waals surface area contributed by atoms with Crippen LogP contribution in [0.4, 0.5) is 4.39 Å². The van der Waals surface area contributed by atoms with Gasteiger partial charge in [0.25, 0.3) is 5.91 Å². The summed E-state index contributed by atoms with van der Waals surface area (Å²) in [4.78, 5) is 11.8. The quantitative estimate of drug-likeness (QED) is 0.919. The molecule has 0 unspecified atom stereocenters. The van der Waals surface area contributed by atoms with Crippen LogP contribution < -0.4 is 5.32 Å². The van der Waals surface area contributed by atoms with Gasteiger partial charge in [0.05, 0.1) is 0 Å². The highest BCUT2D eigenvalue weighted by molar-refractivity contribution is 6.31. The lowest BCUT2D eigenvalue weighted by molar-refractivity contribution is 0.0942. The molecule has 0 saturated heterocycles. The summed E-state index contributed by atoms with van der Waals surface area (Å²) in [5.74, 6) is -0.684. The first-order chi connectivity index (χ1) is 9.59. The van der Waals surface area contributed by atoms with E-state index in [2.05, 4.69) is 5.32 Å². The Bertz CT molecular complexity index is 561. The number of hydrogen-bond acceptors (Lipinski definition) is 1. The number of hydrogen-bond donors (Lipinski definition) is 1. The fourth-order valence-corrected chi connectivity index (χ4v) is 1.89. The van der Waals surface area contributed by atoms with Gasteiger partial charge < -0.3 is 9.88 Å². The Morgan fingerprint density at radius 3 is 2.55 bits per heavy atom. The molecule has 2 aromatic rings. The van der Waals surface area contributed by atoms with Gasteiger partial charge in [0.1, 0.15) is 11.5 Å². The zero-order chi connectivity index (χ0) is 15.1. The van der Waals surface area contributed by atoms with Crippen molar-refractivity contribution in [1.82, 2.24) is 9.88 Å². The minimum Gasteiger partial charge on any atom is -0.347 e. The number of aromatic nitrogens is 1. The molecule has 0 aliphatic rings. The van der Waals surface area contributed by atoms with Gasteiger partial charge in [-0.15, -0.1) is 0 Å². The van der Waals surface area contributed by atoms with E-state index < -0.39 is 5.82 Å². The maximum Gasteiger partial charge on any atom is 0.268 e. The molecular formula is C15H18ClFN2O. The smallest absolute Gasteiger partial charge is 0.268 e. The summed E-state index contributed by atoms with van der Waals surface area (Å²) < 4.78 is 15.2. The lowest BCUT2D eigenvalue weighted by atomic mass is 10.2. The van der Waals surface area contributed by atoms with Gasteiger partial charge in [-0.3, -0.25) is 4.79 Å². The molecule has 0 radical (unpaired) electrons. The van der Waals surface area contributed by atoms with E-state index in [1.807, 2.05) is 13.8 Å². The Kier molecular flexibility index (Phi) is 6.25. The molecular weight excluding hydrogens is 279 g/mol. The molecule has 0 spiro atoms. The Balaban J connectivity index is 0.000000956. The molecule has 0 fully saturated rings. The SMILES string of the molecule is CC.Cn1cccc1C(=O)NCc1c(F)cccc1Cl. The average molecular weight is 297 g/mol. The topological polar surface area (TPSA) is 34.0 Å². The number of aryl methyl sites for hydroxylation is 1. The molecule has 3 nitrogen and oxygen atoms in total. The van der Waals surface area contributed by atoms with Crippen LogP contribution in [-0.2, 0) is 13.6 Å². The average Bonchev–Trinajstić information content (AvgIpc) is 2.86. The number of carbonyl (C=O) groups is 1. The van der Waals surface area contributed by atoms with Crippen molar-refractivity contribution in [1.29, 1.82) is 0 Å². The number of benzene rings is 1. The largest absolute Gasteiger partial charge is 0.347 e. The molecule has 0 saturated carbocycles. The van der Waals surface area contributed by atoms with Crippen molar-refractivity contribution in [2.75, 3.05) is 0 Å². The minimum atomic E-state index is -0.422. The van der Waals surface area contributed by atoms with Gasteiger partial charge in [0, 0.05) is 30.4 Å². The molecule has 1 amide bonds. The third kappa shape index (κ3) is 3.84. The summed E-state index contributed by atoms with van der Waals surface area (Å²) in [6.45, 7) is 4.06. The molecule has 1 N–H and O–H groups in total. The zero-order valence-electron chi connectivity index (χ0n) is 11.8. The van der Waals surface area contributed by atoms with E-state index in [4.69, 9.17) is 11.6 Å². The van der Waals surface area contributed by atoms with E-state index >= 15 is 0 Å². The van der Waals surface area contributed by atoms with Crippen LogP contribution in [0.15, 0.2) is 36.5 Å². The number of amides is 1. The first kappa shape index (κ1) is 16.2. The van der Waals surface area contributed by atoms with Crippen LogP contribution in [0.5, 0.6) is 0 Å². The number of carbonyl (C=O) groups excluding carboxylic acids is 1. The van der Waals surface area contributed by atoms with Crippen LogP contribution >= 0.6 is 11.6 Å². The predicted octanol–water partition coefficient (Wildman–Crippen LogP) is 3.77. The van der Waals surface area contributed by atoms with Crippen molar-refractivity contribution in [3.8, 4) is 0 Å². The van der Waals surface area contributed by atoms with Gasteiger partial charge in [0.15, 0.2) is 0 Å². The van der Waals surface area contributed by atoms with Crippen molar-refractivity contribution in [3.63, 3.8) is 0 Å². The maximum atomic E-state index is 13.5. The second kappa shape index (κ2) is 7.70. The summed E-state index contributed by atoms with van der Waals surface area (Å²) in [5.41, 5.74) is 0.809. The van der Waals surface area contributed by atoms with Gasteiger partial charge in [-0.1, -0.05) is 31.5 Å². The number of nitrogens with one attached hydrogen (secondary N) is 1. The van der Waals surface area contributed by atoms with Crippen molar-refractivity contribution >= 4 is 17.5 Å². The van der Waals surface area contributed by atoms with E-state index in [1.165, 1.54) is 12.1 Å². The summed E-state index contributed by atoms with van der Waals surface area (Å²) in [6, 6.07) is 7.90. The number of nitrogens with zero attached hydrogens (tertiary/aromatic N) is 1. The molecule has 0 aliphatic carbocycles. The van der Waals surface area contributed by atoms with Gasteiger partial charge in [-0.25, -0.2) is 4.39 Å². The fourth-order valence-electron chi connectivity index (χ4n) is 1.66. The molecule has 0 aliphatic heterocycles. The summed E-state index contributed by atoms with van der Waals surface area (Å²) in [7, 11) is 1.77. The summed E-state index contributed by atoms with van der Waals surface area (Å²) in [6.07, 6.45) is 1.77. The highest BCUT2D eigenvalue weighted by Crippen LogP contribution is 2.18. The molecule has 2 rings (SSSR count). The number of halogens is 2. The van der Waals surface area contributed by atoms with Crippen LogP contribution in [0, 0.1) is 5.82 Å². The van der Waals surface area contributed by atoms with Crippen LogP contribution in [0.1, 0.15) is 29.9 Å². The molecule has 1 aromatic carbocycles. The second-order valence-corrected chi connectivity index (χ2v) is 4.29. The highest BCUT2D eigenvalue weighted by atomic mass is 35.5. The molecule has 1 heterocycles. The molecule has 0 atom stereocenters. The van der Waals surface area contributed by atoms with Crippen molar-refractivity contribution < 1.29 is 9.18 Å². The Hall–Kier alpha value is -1.81. The van der Waals surface area contributed by atoms with E-state index in [0.29, 0.717) is 16.3 Å². The van der Waals surface area contributed by atoms with Crippen LogP contribution in [0.3, 0.4) is 0 Å². The van der Waals surface area contributed by atoms with E-state index in [0.717, 1.165) is 0 Å². The number of rotatable bonds is 3. The van der Waals surface area contributed by atoms with Gasteiger partial charge >= 0.3 is 0 Å². The summed E-state index contributed by atoms with van der Waals surface area (Å²) in [5, 5.41) is 2.95. The molecule has 20 heavy (non-hydrogen) atoms. The normalized spacial score (nSPS) is 9.65. The first-order valence-corrected chi connectivity index (χ1v) is 6.80. The monoisotopic (exact) mass is 296 g/mol. The standard InChI is InChI=1S/C13H12ClFN2O.C2H6/c1-17-7-3-6-12(17)13(18)16-8-9-10(14)4-2-5-11(9)15;1-2/h2-7H,8H2,1H3,(H,16,18);1-2H3. The Morgan fingerprint density at radius 2 is 2.00 bits per heavy atom. The zero-order valence-corrected chi connectivity index (χ0v) is 12.5. The molecule has 5 heteroatoms. The van der Waals surface area contributed by atoms with E-state index in [-0.39, 0.29) is 12.5 Å². The van der Waals surface area contributed by atoms with E-state index in [1.54, 1.807) is 36.0 Å².